The molecule has 5 nitrogen and oxygen atoms in total. The lowest BCUT2D eigenvalue weighted by molar-refractivity contribution is -0.389. The van der Waals surface area contributed by atoms with Gasteiger partial charge >= 0.3 is 12.2 Å². The van der Waals surface area contributed by atoms with Crippen LogP contribution in [0, 0.1) is 10.1 Å². The molecule has 1 aromatic heterocycles. The maximum Gasteiger partial charge on any atom is 0.365 e. The molecule has 0 saturated heterocycles. The maximum absolute atomic E-state index is 12.5. The summed E-state index contributed by atoms with van der Waals surface area (Å²) in [6, 6.07) is 0.835. The van der Waals surface area contributed by atoms with E-state index in [2.05, 4.69) is 20.9 Å². The Balaban J connectivity index is 3.51. The van der Waals surface area contributed by atoms with Crippen LogP contribution in [-0.4, -0.2) is 15.1 Å². The number of alkyl halides is 2. The standard InChI is InChI=1S/C7H2BrClF2N2O3/c8-2-1-3(13(15)16)12-5(7(10)11)4(2)6(9)14/h1,7H. The average molecular weight is 315 g/mol. The van der Waals surface area contributed by atoms with Crippen LogP contribution < -0.4 is 0 Å². The second-order valence-corrected chi connectivity index (χ2v) is 3.75. The van der Waals surface area contributed by atoms with Crippen molar-refractivity contribution < 1.29 is 18.5 Å². The van der Waals surface area contributed by atoms with Gasteiger partial charge in [0.05, 0.1) is 6.07 Å². The molecule has 0 radical (unpaired) electrons. The number of rotatable bonds is 3. The molecule has 0 aliphatic carbocycles. The van der Waals surface area contributed by atoms with Crippen LogP contribution in [0.2, 0.25) is 0 Å². The lowest BCUT2D eigenvalue weighted by atomic mass is 10.2. The van der Waals surface area contributed by atoms with Gasteiger partial charge in [-0.1, -0.05) is 0 Å². The van der Waals surface area contributed by atoms with Gasteiger partial charge in [-0.25, -0.2) is 8.78 Å². The van der Waals surface area contributed by atoms with Gasteiger partial charge in [0, 0.05) is 4.47 Å². The molecule has 1 heterocycles. The zero-order valence-corrected chi connectivity index (χ0v) is 9.63. The molecule has 0 spiro atoms. The summed E-state index contributed by atoms with van der Waals surface area (Å²) in [7, 11) is 0. The third kappa shape index (κ3) is 2.50. The number of carbonyl (C=O) groups is 1. The summed E-state index contributed by atoms with van der Waals surface area (Å²) in [5.41, 5.74) is -1.58. The highest BCUT2D eigenvalue weighted by atomic mass is 79.9. The van der Waals surface area contributed by atoms with E-state index in [0.717, 1.165) is 6.07 Å². The molecular weight excluding hydrogens is 313 g/mol. The highest BCUT2D eigenvalue weighted by Crippen LogP contribution is 2.31. The Bertz CT molecular complexity index is 469. The Hall–Kier alpha value is -1.15. The van der Waals surface area contributed by atoms with Crippen molar-refractivity contribution in [1.29, 1.82) is 0 Å². The van der Waals surface area contributed by atoms with Crippen molar-refractivity contribution >= 4 is 38.6 Å². The van der Waals surface area contributed by atoms with Gasteiger partial charge in [-0.05, 0) is 37.4 Å². The van der Waals surface area contributed by atoms with Crippen LogP contribution in [0.15, 0.2) is 10.5 Å². The number of hydrogen-bond acceptors (Lipinski definition) is 4. The first-order chi connectivity index (χ1) is 7.34. The SMILES string of the molecule is O=C(Cl)c1c(Br)cc([N+](=O)[O-])nc1C(F)F. The molecule has 9 heteroatoms. The fourth-order valence-electron chi connectivity index (χ4n) is 0.965. The van der Waals surface area contributed by atoms with Crippen LogP contribution >= 0.6 is 27.5 Å². The normalized spacial score (nSPS) is 10.6. The quantitative estimate of drug-likeness (QED) is 0.488. The largest absolute Gasteiger partial charge is 0.365 e. The van der Waals surface area contributed by atoms with Crippen molar-refractivity contribution in [1.82, 2.24) is 4.98 Å². The summed E-state index contributed by atoms with van der Waals surface area (Å²) >= 11 is 7.83. The Morgan fingerprint density at radius 3 is 2.56 bits per heavy atom. The topological polar surface area (TPSA) is 73.1 Å². The number of halogens is 4. The van der Waals surface area contributed by atoms with Gasteiger partial charge in [0.2, 0.25) is 5.69 Å². The molecule has 0 aromatic carbocycles. The Kier molecular flexibility index (Phi) is 3.87. The lowest BCUT2D eigenvalue weighted by Gasteiger charge is -2.02. The molecule has 86 valence electrons. The van der Waals surface area contributed by atoms with E-state index in [1.807, 2.05) is 0 Å². The number of nitro groups is 1. The summed E-state index contributed by atoms with van der Waals surface area (Å²) in [6.45, 7) is 0. The molecule has 1 rings (SSSR count). The molecule has 0 N–H and O–H groups in total. The molecule has 0 saturated carbocycles. The number of carbonyl (C=O) groups excluding carboxylic acids is 1. The number of nitrogens with zero attached hydrogens (tertiary/aromatic N) is 2. The molecule has 0 unspecified atom stereocenters. The van der Waals surface area contributed by atoms with Crippen LogP contribution in [0.3, 0.4) is 0 Å². The first-order valence-corrected chi connectivity index (χ1v) is 4.84. The van der Waals surface area contributed by atoms with E-state index >= 15 is 0 Å². The first-order valence-electron chi connectivity index (χ1n) is 3.67. The zero-order chi connectivity index (χ0) is 12.5. The van der Waals surface area contributed by atoms with E-state index < -0.39 is 33.7 Å². The van der Waals surface area contributed by atoms with Crippen molar-refractivity contribution in [3.63, 3.8) is 0 Å². The predicted octanol–water partition coefficient (Wildman–Crippen LogP) is 3.07. The van der Waals surface area contributed by atoms with E-state index in [9.17, 15) is 23.7 Å². The van der Waals surface area contributed by atoms with Gasteiger partial charge in [0.25, 0.3) is 5.24 Å². The summed E-state index contributed by atoms with van der Waals surface area (Å²) in [4.78, 5) is 23.4. The highest BCUT2D eigenvalue weighted by Gasteiger charge is 2.29. The van der Waals surface area contributed by atoms with Crippen molar-refractivity contribution in [3.8, 4) is 0 Å². The van der Waals surface area contributed by atoms with E-state index in [1.165, 1.54) is 0 Å². The fraction of sp³-hybridized carbons (Fsp3) is 0.143. The molecule has 16 heavy (non-hydrogen) atoms. The van der Waals surface area contributed by atoms with E-state index in [0.29, 0.717) is 0 Å². The Labute approximate surface area is 101 Å². The molecular formula is C7H2BrClF2N2O3. The van der Waals surface area contributed by atoms with Crippen LogP contribution in [0.25, 0.3) is 0 Å². The van der Waals surface area contributed by atoms with Crippen molar-refractivity contribution in [3.05, 3.63) is 31.9 Å². The van der Waals surface area contributed by atoms with Gasteiger partial charge in [-0.3, -0.25) is 4.79 Å². The van der Waals surface area contributed by atoms with E-state index in [4.69, 9.17) is 11.6 Å². The molecule has 0 atom stereocenters. The second-order valence-electron chi connectivity index (χ2n) is 2.55. The smallest absolute Gasteiger partial charge is 0.358 e. The first kappa shape index (κ1) is 12.9. The Morgan fingerprint density at radius 2 is 2.19 bits per heavy atom. The van der Waals surface area contributed by atoms with Crippen molar-refractivity contribution in [2.45, 2.75) is 6.43 Å². The lowest BCUT2D eigenvalue weighted by Crippen LogP contribution is -2.05. The van der Waals surface area contributed by atoms with Gasteiger partial charge < -0.3 is 10.1 Å². The molecule has 0 amide bonds. The number of pyridine rings is 1. The molecule has 0 fully saturated rings. The van der Waals surface area contributed by atoms with Gasteiger partial charge in [-0.15, -0.1) is 0 Å². The third-order valence-electron chi connectivity index (χ3n) is 1.58. The zero-order valence-electron chi connectivity index (χ0n) is 7.29. The number of aromatic nitrogens is 1. The van der Waals surface area contributed by atoms with Crippen molar-refractivity contribution in [2.24, 2.45) is 0 Å². The summed E-state index contributed by atoms with van der Waals surface area (Å²) in [5.74, 6) is -0.788. The fourth-order valence-corrected chi connectivity index (χ4v) is 1.87. The van der Waals surface area contributed by atoms with Crippen molar-refractivity contribution in [2.75, 3.05) is 0 Å². The minimum Gasteiger partial charge on any atom is -0.358 e. The molecule has 0 bridgehead atoms. The minimum absolute atomic E-state index is 0.190. The Morgan fingerprint density at radius 1 is 1.62 bits per heavy atom. The van der Waals surface area contributed by atoms with Gasteiger partial charge in [-0.2, -0.15) is 0 Å². The van der Waals surface area contributed by atoms with Crippen LogP contribution in [0.4, 0.5) is 14.6 Å². The minimum atomic E-state index is -3.13. The monoisotopic (exact) mass is 314 g/mol. The third-order valence-corrected chi connectivity index (χ3v) is 2.39. The molecule has 0 aliphatic heterocycles. The number of hydrogen-bond donors (Lipinski definition) is 0. The van der Waals surface area contributed by atoms with E-state index in [-0.39, 0.29) is 4.47 Å². The molecule has 1 aromatic rings. The van der Waals surface area contributed by atoms with Crippen LogP contribution in [0.1, 0.15) is 22.5 Å². The molecule has 0 aliphatic rings. The summed E-state index contributed by atoms with van der Waals surface area (Å²) in [6.07, 6.45) is -3.13. The highest BCUT2D eigenvalue weighted by molar-refractivity contribution is 9.10. The summed E-state index contributed by atoms with van der Waals surface area (Å²) in [5, 5.41) is 9.21. The maximum atomic E-state index is 12.5. The predicted molar refractivity (Wildman–Crippen MR) is 53.7 cm³/mol. The van der Waals surface area contributed by atoms with E-state index in [1.54, 1.807) is 0 Å². The summed E-state index contributed by atoms with van der Waals surface area (Å²) < 4.78 is 24.8. The second kappa shape index (κ2) is 4.79. The van der Waals surface area contributed by atoms with Crippen LogP contribution in [-0.2, 0) is 0 Å². The van der Waals surface area contributed by atoms with Crippen LogP contribution in [0.5, 0.6) is 0 Å². The van der Waals surface area contributed by atoms with Gasteiger partial charge in [0.1, 0.15) is 5.56 Å². The van der Waals surface area contributed by atoms with Gasteiger partial charge in [0.15, 0.2) is 0 Å². The average Bonchev–Trinajstić information content (AvgIpc) is 2.15.